The number of aliphatic hydroxyl groups is 1. The van der Waals surface area contributed by atoms with Gasteiger partial charge in [0.1, 0.15) is 0 Å². The molecule has 0 aliphatic heterocycles. The van der Waals surface area contributed by atoms with Gasteiger partial charge in [-0.1, -0.05) is 20.8 Å². The normalized spacial score (nSPS) is 15.0. The Labute approximate surface area is 103 Å². The highest BCUT2D eigenvalue weighted by Gasteiger charge is 2.34. The first kappa shape index (κ1) is 14.4. The lowest BCUT2D eigenvalue weighted by Crippen LogP contribution is -2.26. The summed E-state index contributed by atoms with van der Waals surface area (Å²) in [6.07, 6.45) is -2.79. The number of thiazole rings is 1. The zero-order valence-electron chi connectivity index (χ0n) is 10.0. The van der Waals surface area contributed by atoms with Crippen molar-refractivity contribution in [3.63, 3.8) is 0 Å². The standard InChI is InChI=1S/C11H16F3NOS/c1-10(2,3)8(16)5-4-7-6-15-9(17-7)11(12,13)14/h6,8,16H,4-5H2,1-3H3. The molecule has 1 heterocycles. The third-order valence-electron chi connectivity index (χ3n) is 2.46. The summed E-state index contributed by atoms with van der Waals surface area (Å²) in [6, 6.07) is 0. The van der Waals surface area contributed by atoms with Crippen LogP contribution in [0.25, 0.3) is 0 Å². The van der Waals surface area contributed by atoms with E-state index >= 15 is 0 Å². The number of rotatable bonds is 3. The van der Waals surface area contributed by atoms with Crippen LogP contribution in [0.15, 0.2) is 6.20 Å². The van der Waals surface area contributed by atoms with Crippen LogP contribution in [0.2, 0.25) is 0 Å². The van der Waals surface area contributed by atoms with E-state index in [9.17, 15) is 18.3 Å². The van der Waals surface area contributed by atoms with E-state index in [2.05, 4.69) is 4.98 Å². The molecule has 0 aromatic carbocycles. The fraction of sp³-hybridized carbons (Fsp3) is 0.727. The molecule has 0 fully saturated rings. The Bertz CT molecular complexity index is 368. The first-order valence-electron chi connectivity index (χ1n) is 5.30. The summed E-state index contributed by atoms with van der Waals surface area (Å²) < 4.78 is 36.9. The minimum atomic E-state index is -4.37. The van der Waals surface area contributed by atoms with Crippen molar-refractivity contribution in [3.05, 3.63) is 16.1 Å². The SMILES string of the molecule is CC(C)(C)C(O)CCc1cnc(C(F)(F)F)s1. The monoisotopic (exact) mass is 267 g/mol. The minimum Gasteiger partial charge on any atom is -0.393 e. The Hall–Kier alpha value is -0.620. The molecule has 1 aromatic heterocycles. The van der Waals surface area contributed by atoms with E-state index in [0.717, 1.165) is 0 Å². The Morgan fingerprint density at radius 3 is 2.35 bits per heavy atom. The van der Waals surface area contributed by atoms with Gasteiger partial charge in [0.2, 0.25) is 0 Å². The topological polar surface area (TPSA) is 33.1 Å². The number of halogens is 3. The highest BCUT2D eigenvalue weighted by molar-refractivity contribution is 7.11. The van der Waals surface area contributed by atoms with Crippen LogP contribution in [-0.4, -0.2) is 16.2 Å². The summed E-state index contributed by atoms with van der Waals surface area (Å²) >= 11 is 0.645. The summed E-state index contributed by atoms with van der Waals surface area (Å²) in [5.41, 5.74) is -0.252. The largest absolute Gasteiger partial charge is 0.443 e. The average molecular weight is 267 g/mol. The molecule has 0 saturated carbocycles. The second-order valence-corrected chi connectivity index (χ2v) is 6.17. The number of alkyl halides is 3. The van der Waals surface area contributed by atoms with Crippen molar-refractivity contribution in [2.45, 2.75) is 45.9 Å². The molecule has 0 spiro atoms. The number of aliphatic hydroxyl groups excluding tert-OH is 1. The molecule has 17 heavy (non-hydrogen) atoms. The highest BCUT2D eigenvalue weighted by Crippen LogP contribution is 2.33. The molecule has 98 valence electrons. The molecule has 1 unspecified atom stereocenters. The number of hydrogen-bond acceptors (Lipinski definition) is 3. The summed E-state index contributed by atoms with van der Waals surface area (Å²) in [4.78, 5) is 3.90. The molecule has 0 radical (unpaired) electrons. The third kappa shape index (κ3) is 4.27. The molecule has 0 saturated heterocycles. The van der Waals surface area contributed by atoms with E-state index in [4.69, 9.17) is 0 Å². The van der Waals surface area contributed by atoms with Crippen LogP contribution >= 0.6 is 11.3 Å². The summed E-state index contributed by atoms with van der Waals surface area (Å²) in [7, 11) is 0. The molecule has 0 aliphatic rings. The molecule has 1 atom stereocenters. The maximum Gasteiger partial charge on any atom is 0.443 e. The van der Waals surface area contributed by atoms with Gasteiger partial charge in [0.15, 0.2) is 5.01 Å². The van der Waals surface area contributed by atoms with Crippen LogP contribution in [0.5, 0.6) is 0 Å². The van der Waals surface area contributed by atoms with Crippen LogP contribution in [0.3, 0.4) is 0 Å². The van der Waals surface area contributed by atoms with Crippen LogP contribution in [0.4, 0.5) is 13.2 Å². The van der Waals surface area contributed by atoms with Crippen LogP contribution in [0.1, 0.15) is 37.1 Å². The van der Waals surface area contributed by atoms with Crippen molar-refractivity contribution < 1.29 is 18.3 Å². The van der Waals surface area contributed by atoms with E-state index in [0.29, 0.717) is 29.1 Å². The van der Waals surface area contributed by atoms with Gasteiger partial charge in [0.05, 0.1) is 6.10 Å². The molecular weight excluding hydrogens is 251 g/mol. The Morgan fingerprint density at radius 2 is 1.94 bits per heavy atom. The predicted molar refractivity (Wildman–Crippen MR) is 60.9 cm³/mol. The molecule has 1 N–H and O–H groups in total. The second-order valence-electron chi connectivity index (χ2n) is 5.05. The van der Waals surface area contributed by atoms with Crippen molar-refractivity contribution in [2.24, 2.45) is 5.41 Å². The summed E-state index contributed by atoms with van der Waals surface area (Å²) in [6.45, 7) is 5.68. The van der Waals surface area contributed by atoms with Gasteiger partial charge in [0, 0.05) is 11.1 Å². The van der Waals surface area contributed by atoms with E-state index in [1.165, 1.54) is 6.20 Å². The molecule has 0 amide bonds. The molecular formula is C11H16F3NOS. The molecule has 0 bridgehead atoms. The van der Waals surface area contributed by atoms with Crippen molar-refractivity contribution in [2.75, 3.05) is 0 Å². The fourth-order valence-electron chi connectivity index (χ4n) is 1.27. The molecule has 6 heteroatoms. The minimum absolute atomic E-state index is 0.252. The van der Waals surface area contributed by atoms with Gasteiger partial charge in [-0.25, -0.2) is 4.98 Å². The van der Waals surface area contributed by atoms with Crippen LogP contribution < -0.4 is 0 Å². The van der Waals surface area contributed by atoms with Gasteiger partial charge in [-0.2, -0.15) is 13.2 Å². The molecule has 2 nitrogen and oxygen atoms in total. The maximum absolute atomic E-state index is 12.3. The van der Waals surface area contributed by atoms with Gasteiger partial charge < -0.3 is 5.11 Å². The number of hydrogen-bond donors (Lipinski definition) is 1. The highest BCUT2D eigenvalue weighted by atomic mass is 32.1. The average Bonchev–Trinajstić information content (AvgIpc) is 2.59. The van der Waals surface area contributed by atoms with E-state index in [1.807, 2.05) is 20.8 Å². The smallest absolute Gasteiger partial charge is 0.393 e. The lowest BCUT2D eigenvalue weighted by atomic mass is 9.86. The van der Waals surface area contributed by atoms with Crippen molar-refractivity contribution in [1.82, 2.24) is 4.98 Å². The lowest BCUT2D eigenvalue weighted by Gasteiger charge is -2.25. The van der Waals surface area contributed by atoms with Gasteiger partial charge in [-0.15, -0.1) is 11.3 Å². The van der Waals surface area contributed by atoms with Gasteiger partial charge >= 0.3 is 6.18 Å². The Balaban J connectivity index is 2.57. The second kappa shape index (κ2) is 4.94. The van der Waals surface area contributed by atoms with Crippen LogP contribution in [-0.2, 0) is 12.6 Å². The lowest BCUT2D eigenvalue weighted by molar-refractivity contribution is -0.137. The number of aryl methyl sites for hydroxylation is 1. The van der Waals surface area contributed by atoms with Gasteiger partial charge in [0.25, 0.3) is 0 Å². The van der Waals surface area contributed by atoms with Gasteiger partial charge in [-0.3, -0.25) is 0 Å². The third-order valence-corrected chi connectivity index (χ3v) is 3.56. The fourth-order valence-corrected chi connectivity index (χ4v) is 2.06. The summed E-state index contributed by atoms with van der Waals surface area (Å²) in [5.74, 6) is 0. The van der Waals surface area contributed by atoms with Crippen molar-refractivity contribution >= 4 is 11.3 Å². The van der Waals surface area contributed by atoms with E-state index in [-0.39, 0.29) is 5.41 Å². The van der Waals surface area contributed by atoms with E-state index < -0.39 is 17.3 Å². The zero-order chi connectivity index (χ0) is 13.3. The predicted octanol–water partition coefficient (Wildman–Crippen LogP) is 3.50. The van der Waals surface area contributed by atoms with Crippen molar-refractivity contribution in [1.29, 1.82) is 0 Å². The molecule has 0 aliphatic carbocycles. The maximum atomic E-state index is 12.3. The molecule has 1 aromatic rings. The Morgan fingerprint density at radius 1 is 1.35 bits per heavy atom. The number of nitrogens with zero attached hydrogens (tertiary/aromatic N) is 1. The number of aromatic nitrogens is 1. The zero-order valence-corrected chi connectivity index (χ0v) is 10.8. The first-order valence-corrected chi connectivity index (χ1v) is 6.12. The Kier molecular flexibility index (Phi) is 4.19. The molecule has 1 rings (SSSR count). The van der Waals surface area contributed by atoms with Gasteiger partial charge in [-0.05, 0) is 18.3 Å². The first-order chi connectivity index (χ1) is 7.60. The van der Waals surface area contributed by atoms with E-state index in [1.54, 1.807) is 0 Å². The van der Waals surface area contributed by atoms with Crippen LogP contribution in [0, 0.1) is 5.41 Å². The van der Waals surface area contributed by atoms with Crippen molar-refractivity contribution in [3.8, 4) is 0 Å². The quantitative estimate of drug-likeness (QED) is 0.909. The summed E-state index contributed by atoms with van der Waals surface area (Å²) in [5, 5.41) is 8.95.